The van der Waals surface area contributed by atoms with E-state index in [2.05, 4.69) is 23.8 Å². The third-order valence-corrected chi connectivity index (χ3v) is 5.95. The summed E-state index contributed by atoms with van der Waals surface area (Å²) in [6, 6.07) is 7.54. The molecule has 0 saturated heterocycles. The average Bonchev–Trinajstić information content (AvgIpc) is 2.89. The fraction of sp³-hybridized carbons (Fsp3) is 0.278. The molecular formula is C18H18N2O2S2. The SMILES string of the molecule is CCOC(=O)c1ccc(CSc2ncnc3sc(C)c(C)c23)cc1. The lowest BCUT2D eigenvalue weighted by atomic mass is 10.1. The fourth-order valence-corrected chi connectivity index (χ4v) is 4.44. The lowest BCUT2D eigenvalue weighted by Crippen LogP contribution is -2.04. The van der Waals surface area contributed by atoms with E-state index in [4.69, 9.17) is 4.74 Å². The Bertz CT molecular complexity index is 873. The number of benzene rings is 1. The van der Waals surface area contributed by atoms with Gasteiger partial charge < -0.3 is 4.74 Å². The van der Waals surface area contributed by atoms with E-state index in [0.29, 0.717) is 12.2 Å². The average molecular weight is 358 g/mol. The molecule has 0 N–H and O–H groups in total. The van der Waals surface area contributed by atoms with Crippen molar-refractivity contribution in [2.45, 2.75) is 31.6 Å². The molecule has 0 saturated carbocycles. The third kappa shape index (κ3) is 3.44. The van der Waals surface area contributed by atoms with Crippen LogP contribution in [0, 0.1) is 13.8 Å². The first-order valence-corrected chi connectivity index (χ1v) is 9.50. The van der Waals surface area contributed by atoms with Crippen molar-refractivity contribution in [3.8, 4) is 0 Å². The molecule has 6 heteroatoms. The number of fused-ring (bicyclic) bond motifs is 1. The van der Waals surface area contributed by atoms with Crippen LogP contribution in [0.15, 0.2) is 35.6 Å². The smallest absolute Gasteiger partial charge is 0.338 e. The first kappa shape index (κ1) is 16.9. The van der Waals surface area contributed by atoms with Gasteiger partial charge >= 0.3 is 5.97 Å². The summed E-state index contributed by atoms with van der Waals surface area (Å²) < 4.78 is 5.00. The van der Waals surface area contributed by atoms with Crippen LogP contribution in [-0.4, -0.2) is 22.5 Å². The lowest BCUT2D eigenvalue weighted by Gasteiger charge is -2.05. The summed E-state index contributed by atoms with van der Waals surface area (Å²) in [7, 11) is 0. The molecule has 0 atom stereocenters. The predicted octanol–water partition coefficient (Wildman–Crippen LogP) is 4.78. The number of hydrogen-bond acceptors (Lipinski definition) is 6. The van der Waals surface area contributed by atoms with E-state index in [1.165, 1.54) is 10.4 Å². The van der Waals surface area contributed by atoms with E-state index in [1.54, 1.807) is 36.3 Å². The number of carbonyl (C=O) groups is 1. The maximum atomic E-state index is 11.7. The van der Waals surface area contributed by atoms with Gasteiger partial charge in [-0.2, -0.15) is 0 Å². The van der Waals surface area contributed by atoms with Crippen molar-refractivity contribution in [1.82, 2.24) is 9.97 Å². The number of esters is 1. The summed E-state index contributed by atoms with van der Waals surface area (Å²) in [5.41, 5.74) is 2.99. The molecule has 0 radical (unpaired) electrons. The molecule has 2 heterocycles. The zero-order valence-corrected chi connectivity index (χ0v) is 15.5. The molecule has 0 aliphatic heterocycles. The number of aromatic nitrogens is 2. The van der Waals surface area contributed by atoms with Crippen LogP contribution in [0.4, 0.5) is 0 Å². The lowest BCUT2D eigenvalue weighted by molar-refractivity contribution is 0.0526. The number of rotatable bonds is 5. The monoisotopic (exact) mass is 358 g/mol. The molecule has 0 aliphatic rings. The molecule has 4 nitrogen and oxygen atoms in total. The van der Waals surface area contributed by atoms with Gasteiger partial charge in [-0.05, 0) is 44.0 Å². The van der Waals surface area contributed by atoms with Crippen molar-refractivity contribution in [3.63, 3.8) is 0 Å². The van der Waals surface area contributed by atoms with Gasteiger partial charge in [-0.3, -0.25) is 0 Å². The number of hydrogen-bond donors (Lipinski definition) is 0. The number of thiophene rings is 1. The quantitative estimate of drug-likeness (QED) is 0.373. The summed E-state index contributed by atoms with van der Waals surface area (Å²) in [6.07, 6.45) is 1.63. The fourth-order valence-electron chi connectivity index (χ4n) is 2.36. The van der Waals surface area contributed by atoms with Crippen molar-refractivity contribution in [3.05, 3.63) is 52.2 Å². The van der Waals surface area contributed by atoms with Crippen LogP contribution in [-0.2, 0) is 10.5 Å². The van der Waals surface area contributed by atoms with Crippen LogP contribution < -0.4 is 0 Å². The Labute approximate surface area is 149 Å². The van der Waals surface area contributed by atoms with E-state index >= 15 is 0 Å². The van der Waals surface area contributed by atoms with Crippen LogP contribution in [0.25, 0.3) is 10.2 Å². The third-order valence-electron chi connectivity index (χ3n) is 3.77. The van der Waals surface area contributed by atoms with Crippen LogP contribution in [0.1, 0.15) is 33.3 Å². The maximum absolute atomic E-state index is 11.7. The van der Waals surface area contributed by atoms with Crippen LogP contribution in [0.3, 0.4) is 0 Å². The molecule has 0 amide bonds. The summed E-state index contributed by atoms with van der Waals surface area (Å²) in [5.74, 6) is 0.516. The molecule has 0 bridgehead atoms. The van der Waals surface area contributed by atoms with Gasteiger partial charge in [0.15, 0.2) is 0 Å². The largest absolute Gasteiger partial charge is 0.462 e. The molecule has 1 aromatic carbocycles. The molecule has 3 aromatic rings. The minimum absolute atomic E-state index is 0.279. The first-order chi connectivity index (χ1) is 11.6. The molecule has 24 heavy (non-hydrogen) atoms. The Morgan fingerprint density at radius 2 is 1.96 bits per heavy atom. The maximum Gasteiger partial charge on any atom is 0.338 e. The number of thioether (sulfide) groups is 1. The Kier molecular flexibility index (Phi) is 5.16. The summed E-state index contributed by atoms with van der Waals surface area (Å²) >= 11 is 3.40. The Morgan fingerprint density at radius 1 is 1.21 bits per heavy atom. The highest BCUT2D eigenvalue weighted by atomic mass is 32.2. The molecule has 124 valence electrons. The Balaban J connectivity index is 1.75. The van der Waals surface area contributed by atoms with E-state index in [-0.39, 0.29) is 5.97 Å². The zero-order valence-electron chi connectivity index (χ0n) is 13.8. The van der Waals surface area contributed by atoms with E-state index in [1.807, 2.05) is 24.3 Å². The van der Waals surface area contributed by atoms with Crippen LogP contribution in [0.2, 0.25) is 0 Å². The van der Waals surface area contributed by atoms with Gasteiger partial charge in [0.25, 0.3) is 0 Å². The van der Waals surface area contributed by atoms with Gasteiger partial charge in [0.2, 0.25) is 0 Å². The predicted molar refractivity (Wildman–Crippen MR) is 98.8 cm³/mol. The minimum Gasteiger partial charge on any atom is -0.462 e. The van der Waals surface area contributed by atoms with E-state index in [0.717, 1.165) is 26.6 Å². The van der Waals surface area contributed by atoms with Crippen LogP contribution >= 0.6 is 23.1 Å². The van der Waals surface area contributed by atoms with Gasteiger partial charge in [0, 0.05) is 16.0 Å². The normalized spacial score (nSPS) is 11.0. The van der Waals surface area contributed by atoms with Crippen molar-refractivity contribution < 1.29 is 9.53 Å². The molecule has 2 aromatic heterocycles. The van der Waals surface area contributed by atoms with Gasteiger partial charge in [-0.25, -0.2) is 14.8 Å². The van der Waals surface area contributed by atoms with Crippen molar-refractivity contribution in [2.24, 2.45) is 0 Å². The van der Waals surface area contributed by atoms with Gasteiger partial charge in [0.05, 0.1) is 12.2 Å². The Morgan fingerprint density at radius 3 is 2.67 bits per heavy atom. The summed E-state index contributed by atoms with van der Waals surface area (Å²) in [6.45, 7) is 6.43. The van der Waals surface area contributed by atoms with E-state index in [9.17, 15) is 4.79 Å². The van der Waals surface area contributed by atoms with Crippen molar-refractivity contribution in [2.75, 3.05) is 6.61 Å². The molecular weight excluding hydrogens is 340 g/mol. The second-order valence-electron chi connectivity index (χ2n) is 5.35. The topological polar surface area (TPSA) is 52.1 Å². The van der Waals surface area contributed by atoms with Gasteiger partial charge in [0.1, 0.15) is 16.2 Å². The molecule has 0 fully saturated rings. The zero-order chi connectivity index (χ0) is 17.1. The summed E-state index contributed by atoms with van der Waals surface area (Å²) in [5, 5.41) is 2.17. The van der Waals surface area contributed by atoms with Crippen LogP contribution in [0.5, 0.6) is 0 Å². The molecule has 0 spiro atoms. The first-order valence-electron chi connectivity index (χ1n) is 7.69. The molecule has 3 rings (SSSR count). The van der Waals surface area contributed by atoms with E-state index < -0.39 is 0 Å². The van der Waals surface area contributed by atoms with Gasteiger partial charge in [-0.15, -0.1) is 23.1 Å². The number of carbonyl (C=O) groups excluding carboxylic acids is 1. The standard InChI is InChI=1S/C18H18N2O2S2/c1-4-22-18(21)14-7-5-13(6-8-14)9-23-16-15-11(2)12(3)24-17(15)20-10-19-16/h5-8,10H,4,9H2,1-3H3. The molecule has 0 aliphatic carbocycles. The minimum atomic E-state index is -0.279. The highest BCUT2D eigenvalue weighted by Gasteiger charge is 2.12. The Hall–Kier alpha value is -1.92. The summed E-state index contributed by atoms with van der Waals surface area (Å²) in [4.78, 5) is 22.8. The molecule has 0 unspecified atom stereocenters. The second kappa shape index (κ2) is 7.32. The highest BCUT2D eigenvalue weighted by Crippen LogP contribution is 2.35. The number of nitrogens with zero attached hydrogens (tertiary/aromatic N) is 2. The van der Waals surface area contributed by atoms with Crippen molar-refractivity contribution >= 4 is 39.3 Å². The number of aryl methyl sites for hydroxylation is 2. The van der Waals surface area contributed by atoms with Crippen molar-refractivity contribution in [1.29, 1.82) is 0 Å². The second-order valence-corrected chi connectivity index (χ2v) is 7.52. The highest BCUT2D eigenvalue weighted by molar-refractivity contribution is 7.98. The number of ether oxygens (including phenoxy) is 1. The van der Waals surface area contributed by atoms with Gasteiger partial charge in [-0.1, -0.05) is 12.1 Å².